The third kappa shape index (κ3) is 6.04. The second-order valence-corrected chi connectivity index (χ2v) is 7.59. The minimum atomic E-state index is -1.03. The van der Waals surface area contributed by atoms with E-state index < -0.39 is 18.7 Å². The topological polar surface area (TPSA) is 85.0 Å². The molecule has 1 atom stereocenters. The van der Waals surface area contributed by atoms with Gasteiger partial charge in [0.15, 0.2) is 11.7 Å². The molecule has 4 rings (SSSR count). The third-order valence-electron chi connectivity index (χ3n) is 5.18. The van der Waals surface area contributed by atoms with Crippen molar-refractivity contribution in [1.82, 2.24) is 4.98 Å². The quantitative estimate of drug-likeness (QED) is 0.324. The lowest BCUT2D eigenvalue weighted by Crippen LogP contribution is -2.30. The number of aliphatic carboxylic acids is 1. The van der Waals surface area contributed by atoms with Crippen LogP contribution in [0.2, 0.25) is 0 Å². The molecule has 3 aromatic carbocycles. The van der Waals surface area contributed by atoms with Crippen LogP contribution in [0.25, 0.3) is 11.1 Å². The zero-order valence-electron chi connectivity index (χ0n) is 18.5. The number of anilines is 1. The summed E-state index contributed by atoms with van der Waals surface area (Å²) in [7, 11) is 0. The number of alkyl halides is 1. The van der Waals surface area contributed by atoms with Crippen LogP contribution in [0.15, 0.2) is 83.3 Å². The third-order valence-corrected chi connectivity index (χ3v) is 5.18. The van der Waals surface area contributed by atoms with Crippen LogP contribution in [0.4, 0.5) is 10.4 Å². The average molecular weight is 464 g/mol. The van der Waals surface area contributed by atoms with Crippen molar-refractivity contribution >= 4 is 23.1 Å². The molecule has 176 valence electrons. The Morgan fingerprint density at radius 1 is 0.971 bits per heavy atom. The van der Waals surface area contributed by atoms with Gasteiger partial charge in [0.05, 0.1) is 13.1 Å². The van der Waals surface area contributed by atoms with Crippen LogP contribution in [0.1, 0.15) is 5.56 Å². The Labute approximate surface area is 196 Å². The first-order chi connectivity index (χ1) is 16.6. The summed E-state index contributed by atoms with van der Waals surface area (Å²) in [4.78, 5) is 17.7. The molecule has 34 heavy (non-hydrogen) atoms. The van der Waals surface area contributed by atoms with E-state index in [2.05, 4.69) is 4.98 Å². The monoisotopic (exact) mass is 464 g/mol. The number of carboxylic acid groups (broad SMARTS) is 1. The number of ether oxygens (including phenoxy) is 2. The summed E-state index contributed by atoms with van der Waals surface area (Å²) in [5, 5.41) is 9.51. The first-order valence-corrected chi connectivity index (χ1v) is 10.9. The molecule has 0 saturated carbocycles. The number of halogens is 1. The SMILES string of the molecule is O=C(O)C(Cc1ccc(OCCN(CCF)c2nc3ccccc3o2)cc1)Oc1ccccc1. The second-order valence-electron chi connectivity index (χ2n) is 7.59. The standard InChI is InChI=1S/C26H25FN2O5/c27-14-15-29(26-28-22-8-4-5-9-23(22)34-26)16-17-32-20-12-10-19(11-13-20)18-24(25(30)31)33-21-6-2-1-3-7-21/h1-13,24H,14-18H2,(H,30,31). The van der Waals surface area contributed by atoms with Gasteiger partial charge in [0.2, 0.25) is 0 Å². The summed E-state index contributed by atoms with van der Waals surface area (Å²) in [5.74, 6) is 0.0975. The maximum absolute atomic E-state index is 13.1. The summed E-state index contributed by atoms with van der Waals surface area (Å²) >= 11 is 0. The summed E-state index contributed by atoms with van der Waals surface area (Å²) in [6, 6.07) is 23.8. The Kier molecular flexibility index (Phi) is 7.60. The van der Waals surface area contributed by atoms with Gasteiger partial charge in [-0.05, 0) is 42.0 Å². The van der Waals surface area contributed by atoms with Crippen LogP contribution in [-0.2, 0) is 11.2 Å². The van der Waals surface area contributed by atoms with Crippen molar-refractivity contribution in [1.29, 1.82) is 0 Å². The lowest BCUT2D eigenvalue weighted by atomic mass is 10.1. The molecule has 1 aromatic heterocycles. The molecule has 0 saturated heterocycles. The van der Waals surface area contributed by atoms with Crippen molar-refractivity contribution in [2.75, 3.05) is 31.3 Å². The zero-order chi connectivity index (χ0) is 23.8. The van der Waals surface area contributed by atoms with Crippen molar-refractivity contribution in [3.63, 3.8) is 0 Å². The molecule has 1 N–H and O–H groups in total. The second kappa shape index (κ2) is 11.2. The molecule has 0 aliphatic rings. The smallest absolute Gasteiger partial charge is 0.345 e. The van der Waals surface area contributed by atoms with Gasteiger partial charge in [-0.1, -0.05) is 42.5 Å². The summed E-state index contributed by atoms with van der Waals surface area (Å²) < 4.78 is 30.2. The summed E-state index contributed by atoms with van der Waals surface area (Å²) in [6.07, 6.45) is -0.785. The fourth-order valence-electron chi connectivity index (χ4n) is 3.45. The molecule has 0 bridgehead atoms. The highest BCUT2D eigenvalue weighted by Crippen LogP contribution is 2.22. The Bertz CT molecular complexity index is 1160. The van der Waals surface area contributed by atoms with E-state index in [4.69, 9.17) is 13.9 Å². The van der Waals surface area contributed by atoms with E-state index in [1.54, 1.807) is 53.4 Å². The normalized spacial score (nSPS) is 11.8. The fraction of sp³-hybridized carbons (Fsp3) is 0.231. The first kappa shape index (κ1) is 23.1. The van der Waals surface area contributed by atoms with Crippen molar-refractivity contribution in [2.45, 2.75) is 12.5 Å². The highest BCUT2D eigenvalue weighted by molar-refractivity contribution is 5.74. The van der Waals surface area contributed by atoms with Crippen LogP contribution < -0.4 is 14.4 Å². The van der Waals surface area contributed by atoms with E-state index in [9.17, 15) is 14.3 Å². The molecule has 0 spiro atoms. The van der Waals surface area contributed by atoms with Gasteiger partial charge in [-0.15, -0.1) is 0 Å². The number of oxazole rings is 1. The van der Waals surface area contributed by atoms with Crippen molar-refractivity contribution in [2.24, 2.45) is 0 Å². The summed E-state index contributed by atoms with van der Waals surface area (Å²) in [6.45, 7) is 0.299. The van der Waals surface area contributed by atoms with E-state index in [1.165, 1.54) is 0 Å². The van der Waals surface area contributed by atoms with Gasteiger partial charge >= 0.3 is 5.97 Å². The minimum absolute atomic E-state index is 0.146. The number of carboxylic acids is 1. The van der Waals surface area contributed by atoms with Gasteiger partial charge in [-0.2, -0.15) is 4.98 Å². The largest absolute Gasteiger partial charge is 0.492 e. The van der Waals surface area contributed by atoms with E-state index >= 15 is 0 Å². The van der Waals surface area contributed by atoms with Gasteiger partial charge in [0.1, 0.15) is 30.3 Å². The molecule has 7 nitrogen and oxygen atoms in total. The van der Waals surface area contributed by atoms with Gasteiger partial charge in [0, 0.05) is 6.42 Å². The van der Waals surface area contributed by atoms with Crippen molar-refractivity contribution < 1.29 is 28.2 Å². The maximum Gasteiger partial charge on any atom is 0.345 e. The molecule has 0 aliphatic carbocycles. The Morgan fingerprint density at radius 2 is 1.71 bits per heavy atom. The zero-order valence-corrected chi connectivity index (χ0v) is 18.5. The van der Waals surface area contributed by atoms with Crippen LogP contribution in [0.5, 0.6) is 11.5 Å². The van der Waals surface area contributed by atoms with Crippen molar-refractivity contribution in [3.05, 3.63) is 84.4 Å². The number of hydrogen-bond donors (Lipinski definition) is 1. The molecule has 4 aromatic rings. The number of fused-ring (bicyclic) bond motifs is 1. The van der Waals surface area contributed by atoms with Crippen LogP contribution in [-0.4, -0.2) is 48.5 Å². The molecule has 0 fully saturated rings. The molecule has 1 unspecified atom stereocenters. The molecule has 0 amide bonds. The number of aromatic nitrogens is 1. The predicted octanol–water partition coefficient (Wildman–Crippen LogP) is 4.76. The van der Waals surface area contributed by atoms with E-state index in [1.807, 2.05) is 30.3 Å². The number of benzene rings is 3. The maximum atomic E-state index is 13.1. The van der Waals surface area contributed by atoms with Gasteiger partial charge in [-0.3, -0.25) is 0 Å². The van der Waals surface area contributed by atoms with Gasteiger partial charge in [0.25, 0.3) is 6.01 Å². The lowest BCUT2D eigenvalue weighted by Gasteiger charge is -2.19. The molecular formula is C26H25FN2O5. The Balaban J connectivity index is 1.32. The van der Waals surface area contributed by atoms with E-state index in [0.29, 0.717) is 41.8 Å². The van der Waals surface area contributed by atoms with E-state index in [-0.39, 0.29) is 13.0 Å². The average Bonchev–Trinajstić information content (AvgIpc) is 3.29. The molecule has 1 heterocycles. The minimum Gasteiger partial charge on any atom is -0.492 e. The Hall–Kier alpha value is -4.07. The fourth-order valence-corrected chi connectivity index (χ4v) is 3.45. The summed E-state index contributed by atoms with van der Waals surface area (Å²) in [5.41, 5.74) is 2.17. The molecule has 8 heteroatoms. The molecule has 0 radical (unpaired) electrons. The lowest BCUT2D eigenvalue weighted by molar-refractivity contribution is -0.145. The highest BCUT2D eigenvalue weighted by Gasteiger charge is 2.20. The van der Waals surface area contributed by atoms with Crippen molar-refractivity contribution in [3.8, 4) is 11.5 Å². The number of para-hydroxylation sites is 3. The number of rotatable bonds is 12. The number of nitrogens with zero attached hydrogens (tertiary/aromatic N) is 2. The number of carbonyl (C=O) groups is 1. The highest BCUT2D eigenvalue weighted by atomic mass is 19.1. The first-order valence-electron chi connectivity index (χ1n) is 10.9. The molecular weight excluding hydrogens is 439 g/mol. The van der Waals surface area contributed by atoms with Gasteiger partial charge < -0.3 is 23.9 Å². The van der Waals surface area contributed by atoms with Crippen LogP contribution in [0.3, 0.4) is 0 Å². The number of hydrogen-bond acceptors (Lipinski definition) is 6. The van der Waals surface area contributed by atoms with Crippen LogP contribution >= 0.6 is 0 Å². The van der Waals surface area contributed by atoms with E-state index in [0.717, 1.165) is 5.56 Å². The van der Waals surface area contributed by atoms with Gasteiger partial charge in [-0.25, -0.2) is 9.18 Å². The Morgan fingerprint density at radius 3 is 2.41 bits per heavy atom. The van der Waals surface area contributed by atoms with Crippen LogP contribution in [0, 0.1) is 0 Å². The molecule has 0 aliphatic heterocycles. The predicted molar refractivity (Wildman–Crippen MR) is 126 cm³/mol.